The number of hydrogen-bond donors (Lipinski definition) is 1. The Morgan fingerprint density at radius 1 is 1.28 bits per heavy atom. The number of aryl methyl sites for hydroxylation is 1. The SMILES string of the molecule is C/C(=C1/CCNC1C)c1cn(-c2ccc(F)cc2C(=O)N(C)C(C)C)c2cncc(C)c12. The van der Waals surface area contributed by atoms with E-state index in [1.54, 1.807) is 18.0 Å². The Morgan fingerprint density at radius 2 is 2.03 bits per heavy atom. The lowest BCUT2D eigenvalue weighted by Gasteiger charge is -2.23. The number of amides is 1. The smallest absolute Gasteiger partial charge is 0.256 e. The Balaban J connectivity index is 1.98. The van der Waals surface area contributed by atoms with E-state index in [2.05, 4.69) is 37.3 Å². The van der Waals surface area contributed by atoms with Gasteiger partial charge in [-0.2, -0.15) is 0 Å². The molecule has 0 saturated carbocycles. The number of fused-ring (bicyclic) bond motifs is 1. The third kappa shape index (κ3) is 3.73. The van der Waals surface area contributed by atoms with Crippen molar-refractivity contribution in [3.63, 3.8) is 0 Å². The molecule has 32 heavy (non-hydrogen) atoms. The Hall–Kier alpha value is -2.99. The van der Waals surface area contributed by atoms with E-state index in [1.165, 1.54) is 23.3 Å². The monoisotopic (exact) mass is 434 g/mol. The molecule has 1 amide bonds. The van der Waals surface area contributed by atoms with Gasteiger partial charge < -0.3 is 14.8 Å². The van der Waals surface area contributed by atoms with Crippen molar-refractivity contribution < 1.29 is 9.18 Å². The van der Waals surface area contributed by atoms with Crippen molar-refractivity contribution in [1.29, 1.82) is 0 Å². The standard InChI is InChI=1S/C26H31FN4O/c1-15(2)30(6)26(32)21-11-19(27)7-8-23(21)31-14-22(17(4)20-9-10-29-18(20)5)25-16(3)12-28-13-24(25)31/h7-8,11-15,18,29H,9-10H2,1-6H3/b20-17+. The highest BCUT2D eigenvalue weighted by Gasteiger charge is 2.24. The van der Waals surface area contributed by atoms with Crippen LogP contribution in [0.15, 0.2) is 42.4 Å². The number of carbonyl (C=O) groups is 1. The molecule has 1 aromatic carbocycles. The quantitative estimate of drug-likeness (QED) is 0.621. The number of benzene rings is 1. The molecule has 1 aliphatic heterocycles. The summed E-state index contributed by atoms with van der Waals surface area (Å²) in [5.41, 5.74) is 6.75. The summed E-state index contributed by atoms with van der Waals surface area (Å²) >= 11 is 0. The minimum Gasteiger partial charge on any atom is -0.339 e. The topological polar surface area (TPSA) is 50.2 Å². The van der Waals surface area contributed by atoms with Crippen LogP contribution in [-0.2, 0) is 0 Å². The zero-order valence-corrected chi connectivity index (χ0v) is 19.7. The fourth-order valence-electron chi connectivity index (χ4n) is 4.59. The number of hydrogen-bond acceptors (Lipinski definition) is 3. The van der Waals surface area contributed by atoms with Gasteiger partial charge in [-0.3, -0.25) is 9.78 Å². The van der Waals surface area contributed by atoms with Gasteiger partial charge in [0.25, 0.3) is 5.91 Å². The lowest BCUT2D eigenvalue weighted by Crippen LogP contribution is -2.33. The first kappa shape index (κ1) is 22.2. The van der Waals surface area contributed by atoms with Crippen LogP contribution in [0.4, 0.5) is 4.39 Å². The molecule has 1 atom stereocenters. The van der Waals surface area contributed by atoms with Crippen LogP contribution < -0.4 is 5.32 Å². The largest absolute Gasteiger partial charge is 0.339 e. The Kier molecular flexibility index (Phi) is 5.91. The maximum atomic E-state index is 14.2. The minimum atomic E-state index is -0.426. The highest BCUT2D eigenvalue weighted by atomic mass is 19.1. The van der Waals surface area contributed by atoms with Crippen LogP contribution in [0, 0.1) is 12.7 Å². The number of rotatable bonds is 4. The van der Waals surface area contributed by atoms with Crippen LogP contribution in [0.2, 0.25) is 0 Å². The number of nitrogens with zero attached hydrogens (tertiary/aromatic N) is 3. The van der Waals surface area contributed by atoms with Crippen molar-refractivity contribution in [3.05, 3.63) is 64.9 Å². The molecule has 1 N–H and O–H groups in total. The van der Waals surface area contributed by atoms with E-state index in [9.17, 15) is 9.18 Å². The Labute approximate surface area is 188 Å². The maximum Gasteiger partial charge on any atom is 0.256 e. The average Bonchev–Trinajstić information content (AvgIpc) is 3.36. The molecule has 0 spiro atoms. The van der Waals surface area contributed by atoms with Crippen LogP contribution in [0.3, 0.4) is 0 Å². The molecule has 2 aromatic heterocycles. The Bertz CT molecular complexity index is 1220. The fourth-order valence-corrected chi connectivity index (χ4v) is 4.59. The number of halogens is 1. The van der Waals surface area contributed by atoms with Crippen LogP contribution in [0.25, 0.3) is 22.2 Å². The van der Waals surface area contributed by atoms with E-state index in [1.807, 2.05) is 30.8 Å². The third-order valence-corrected chi connectivity index (χ3v) is 6.70. The fraction of sp³-hybridized carbons (Fsp3) is 0.385. The maximum absolute atomic E-state index is 14.2. The zero-order valence-electron chi connectivity index (χ0n) is 19.7. The van der Waals surface area contributed by atoms with Crippen molar-refractivity contribution in [3.8, 4) is 5.69 Å². The molecule has 3 aromatic rings. The molecular formula is C26H31FN4O. The van der Waals surface area contributed by atoms with Gasteiger partial charge in [-0.05, 0) is 82.5 Å². The summed E-state index contributed by atoms with van der Waals surface area (Å²) in [4.78, 5) is 19.3. The summed E-state index contributed by atoms with van der Waals surface area (Å²) in [7, 11) is 1.75. The van der Waals surface area contributed by atoms with Crippen LogP contribution >= 0.6 is 0 Å². The molecule has 0 radical (unpaired) electrons. The molecule has 1 unspecified atom stereocenters. The molecule has 1 fully saturated rings. The molecular weight excluding hydrogens is 403 g/mol. The molecule has 1 aliphatic rings. The number of allylic oxidation sites excluding steroid dienone is 1. The van der Waals surface area contributed by atoms with Gasteiger partial charge in [-0.1, -0.05) is 0 Å². The predicted molar refractivity (Wildman–Crippen MR) is 128 cm³/mol. The van der Waals surface area contributed by atoms with Gasteiger partial charge in [-0.25, -0.2) is 4.39 Å². The van der Waals surface area contributed by atoms with Crippen molar-refractivity contribution in [2.24, 2.45) is 0 Å². The van der Waals surface area contributed by atoms with Gasteiger partial charge in [0.05, 0.1) is 23.0 Å². The summed E-state index contributed by atoms with van der Waals surface area (Å²) in [6.07, 6.45) is 6.78. The second kappa shape index (κ2) is 8.51. The molecule has 3 heterocycles. The second-order valence-corrected chi connectivity index (χ2v) is 9.01. The molecule has 6 heteroatoms. The van der Waals surface area contributed by atoms with Gasteiger partial charge in [0, 0.05) is 42.5 Å². The minimum absolute atomic E-state index is 0.00262. The van der Waals surface area contributed by atoms with E-state index in [0.717, 1.165) is 35.0 Å². The first-order chi connectivity index (χ1) is 15.2. The van der Waals surface area contributed by atoms with E-state index in [0.29, 0.717) is 17.3 Å². The van der Waals surface area contributed by atoms with Gasteiger partial charge in [-0.15, -0.1) is 0 Å². The van der Waals surface area contributed by atoms with E-state index < -0.39 is 5.82 Å². The summed E-state index contributed by atoms with van der Waals surface area (Å²) in [6.45, 7) is 11.3. The summed E-state index contributed by atoms with van der Waals surface area (Å²) in [5.74, 6) is -0.633. The highest BCUT2D eigenvalue weighted by Crippen LogP contribution is 2.36. The molecule has 1 saturated heterocycles. The van der Waals surface area contributed by atoms with Gasteiger partial charge in [0.15, 0.2) is 0 Å². The van der Waals surface area contributed by atoms with E-state index in [4.69, 9.17) is 0 Å². The third-order valence-electron chi connectivity index (χ3n) is 6.70. The van der Waals surface area contributed by atoms with Crippen LogP contribution in [0.5, 0.6) is 0 Å². The van der Waals surface area contributed by atoms with Crippen LogP contribution in [0.1, 0.15) is 55.6 Å². The van der Waals surface area contributed by atoms with E-state index in [-0.39, 0.29) is 11.9 Å². The van der Waals surface area contributed by atoms with Crippen molar-refractivity contribution in [1.82, 2.24) is 19.8 Å². The van der Waals surface area contributed by atoms with Crippen molar-refractivity contribution in [2.45, 2.75) is 53.1 Å². The summed E-state index contributed by atoms with van der Waals surface area (Å²) in [6, 6.07) is 4.76. The van der Waals surface area contributed by atoms with Crippen molar-refractivity contribution in [2.75, 3.05) is 13.6 Å². The normalized spacial score (nSPS) is 17.9. The highest BCUT2D eigenvalue weighted by molar-refractivity contribution is 6.01. The first-order valence-corrected chi connectivity index (χ1v) is 11.2. The lowest BCUT2D eigenvalue weighted by molar-refractivity contribution is 0.0754. The average molecular weight is 435 g/mol. The number of carbonyl (C=O) groups excluding carboxylic acids is 1. The predicted octanol–water partition coefficient (Wildman–Crippen LogP) is 5.11. The van der Waals surface area contributed by atoms with Gasteiger partial charge >= 0.3 is 0 Å². The summed E-state index contributed by atoms with van der Waals surface area (Å²) < 4.78 is 16.2. The number of pyridine rings is 1. The molecule has 0 bridgehead atoms. The number of nitrogens with one attached hydrogen (secondary N) is 1. The van der Waals surface area contributed by atoms with Gasteiger partial charge in [0.2, 0.25) is 0 Å². The first-order valence-electron chi connectivity index (χ1n) is 11.2. The molecule has 5 nitrogen and oxygen atoms in total. The van der Waals surface area contributed by atoms with Crippen LogP contribution in [-0.4, -0.2) is 46.0 Å². The molecule has 4 rings (SSSR count). The molecule has 168 valence electrons. The second-order valence-electron chi connectivity index (χ2n) is 9.01. The number of aromatic nitrogens is 2. The Morgan fingerprint density at radius 3 is 2.69 bits per heavy atom. The van der Waals surface area contributed by atoms with E-state index >= 15 is 0 Å². The summed E-state index contributed by atoms with van der Waals surface area (Å²) in [5, 5.41) is 4.62. The lowest BCUT2D eigenvalue weighted by atomic mass is 9.96. The molecule has 0 aliphatic carbocycles. The van der Waals surface area contributed by atoms with Gasteiger partial charge in [0.1, 0.15) is 5.82 Å². The van der Waals surface area contributed by atoms with Crippen molar-refractivity contribution >= 4 is 22.4 Å². The zero-order chi connectivity index (χ0) is 23.2.